The molecule has 0 unspecified atom stereocenters. The molecule has 0 amide bonds. The van der Waals surface area contributed by atoms with Crippen LogP contribution in [-0.4, -0.2) is 45.0 Å². The molecule has 1 aliphatic rings. The number of hydrogen-bond acceptors (Lipinski definition) is 8. The molecule has 29 heavy (non-hydrogen) atoms. The minimum atomic E-state index is -2.42. The van der Waals surface area contributed by atoms with E-state index in [1.165, 1.54) is 13.2 Å². The van der Waals surface area contributed by atoms with Gasteiger partial charge in [-0.3, -0.25) is 4.79 Å². The van der Waals surface area contributed by atoms with Crippen molar-refractivity contribution >= 4 is 5.78 Å². The van der Waals surface area contributed by atoms with Gasteiger partial charge in [0.2, 0.25) is 11.5 Å². The van der Waals surface area contributed by atoms with E-state index in [9.17, 15) is 30.3 Å². The van der Waals surface area contributed by atoms with Gasteiger partial charge in [-0.2, -0.15) is 0 Å². The Kier molecular flexibility index (Phi) is 4.63. The number of ketones is 1. The number of ether oxygens (including phenoxy) is 2. The Bertz CT molecular complexity index is 1020. The fraction of sp³-hybridized carbons (Fsp3) is 0.286. The maximum absolute atomic E-state index is 13.1. The molecule has 1 heterocycles. The van der Waals surface area contributed by atoms with Crippen LogP contribution in [0.5, 0.6) is 34.5 Å². The second kappa shape index (κ2) is 6.59. The zero-order valence-electron chi connectivity index (χ0n) is 16.2. The molecule has 2 aromatic rings. The van der Waals surface area contributed by atoms with Gasteiger partial charge in [0.05, 0.1) is 7.11 Å². The summed E-state index contributed by atoms with van der Waals surface area (Å²) in [6, 6.07) is 3.40. The van der Waals surface area contributed by atoms with E-state index in [4.69, 9.17) is 9.47 Å². The molecule has 1 aliphatic heterocycles. The molecule has 8 nitrogen and oxygen atoms in total. The number of aliphatic hydroxyl groups is 1. The minimum Gasteiger partial charge on any atom is -0.508 e. The Labute approximate surface area is 166 Å². The van der Waals surface area contributed by atoms with Gasteiger partial charge in [-0.15, -0.1) is 6.58 Å². The highest BCUT2D eigenvalue weighted by atomic mass is 16.5. The molecule has 8 heteroatoms. The van der Waals surface area contributed by atoms with E-state index in [0.717, 1.165) is 12.1 Å². The van der Waals surface area contributed by atoms with Gasteiger partial charge in [0, 0.05) is 28.7 Å². The van der Waals surface area contributed by atoms with Crippen molar-refractivity contribution in [3.05, 3.63) is 47.5 Å². The van der Waals surface area contributed by atoms with Crippen molar-refractivity contribution in [2.45, 2.75) is 24.9 Å². The molecule has 2 aromatic carbocycles. The van der Waals surface area contributed by atoms with Gasteiger partial charge in [0.15, 0.2) is 17.1 Å². The van der Waals surface area contributed by atoms with E-state index in [1.54, 1.807) is 19.9 Å². The smallest absolute Gasteiger partial charge is 0.210 e. The number of benzene rings is 2. The number of aromatic hydroxyl groups is 4. The summed E-state index contributed by atoms with van der Waals surface area (Å²) >= 11 is 0. The monoisotopic (exact) mass is 402 g/mol. The first kappa shape index (κ1) is 20.3. The third-order valence-corrected chi connectivity index (χ3v) is 5.19. The predicted molar refractivity (Wildman–Crippen MR) is 103 cm³/mol. The van der Waals surface area contributed by atoms with Gasteiger partial charge in [0.1, 0.15) is 29.4 Å². The lowest BCUT2D eigenvalue weighted by Crippen LogP contribution is -2.45. The first-order chi connectivity index (χ1) is 13.5. The molecule has 0 radical (unpaired) electrons. The van der Waals surface area contributed by atoms with E-state index in [0.29, 0.717) is 5.56 Å². The SMILES string of the molecule is C=CC(C)(C)c1cc([C@@]2(O)COc3cc(O)cc(O)c3C2=O)c(O)c(O)c1OC. The van der Waals surface area contributed by atoms with Crippen molar-refractivity contribution < 1.29 is 39.8 Å². The molecule has 0 aromatic heterocycles. The lowest BCUT2D eigenvalue weighted by Gasteiger charge is -2.34. The van der Waals surface area contributed by atoms with Crippen LogP contribution in [0.3, 0.4) is 0 Å². The average Bonchev–Trinajstić information content (AvgIpc) is 2.66. The zero-order chi connectivity index (χ0) is 21.7. The first-order valence-corrected chi connectivity index (χ1v) is 8.71. The summed E-state index contributed by atoms with van der Waals surface area (Å²) in [5.41, 5.74) is -3.48. The van der Waals surface area contributed by atoms with Gasteiger partial charge in [0.25, 0.3) is 0 Å². The van der Waals surface area contributed by atoms with Gasteiger partial charge < -0.3 is 35.0 Å². The molecule has 0 spiro atoms. The molecule has 0 saturated carbocycles. The molecule has 154 valence electrons. The largest absolute Gasteiger partial charge is 0.508 e. The highest BCUT2D eigenvalue weighted by Crippen LogP contribution is 2.51. The van der Waals surface area contributed by atoms with Crippen LogP contribution in [-0.2, 0) is 11.0 Å². The summed E-state index contributed by atoms with van der Waals surface area (Å²) < 4.78 is 10.6. The van der Waals surface area contributed by atoms with Crippen LogP contribution in [0.4, 0.5) is 0 Å². The third kappa shape index (κ3) is 2.92. The van der Waals surface area contributed by atoms with Crippen LogP contribution in [0, 0.1) is 0 Å². The molecule has 0 saturated heterocycles. The number of fused-ring (bicyclic) bond motifs is 1. The summed E-state index contributed by atoms with van der Waals surface area (Å²) in [5.74, 6) is -3.42. The maximum Gasteiger partial charge on any atom is 0.210 e. The zero-order valence-corrected chi connectivity index (χ0v) is 16.2. The summed E-state index contributed by atoms with van der Waals surface area (Å²) in [5, 5.41) is 51.9. The molecule has 3 rings (SSSR count). The van der Waals surface area contributed by atoms with Crippen molar-refractivity contribution in [3.8, 4) is 34.5 Å². The second-order valence-corrected chi connectivity index (χ2v) is 7.44. The molecule has 0 bridgehead atoms. The van der Waals surface area contributed by atoms with Crippen LogP contribution < -0.4 is 9.47 Å². The van der Waals surface area contributed by atoms with E-state index in [1.807, 2.05) is 0 Å². The van der Waals surface area contributed by atoms with Crippen LogP contribution in [0.1, 0.15) is 35.3 Å². The second-order valence-electron chi connectivity index (χ2n) is 7.44. The number of methoxy groups -OCH3 is 1. The van der Waals surface area contributed by atoms with Crippen molar-refractivity contribution in [2.75, 3.05) is 13.7 Å². The van der Waals surface area contributed by atoms with Gasteiger partial charge in [-0.25, -0.2) is 0 Å². The molecule has 0 aliphatic carbocycles. The Morgan fingerprint density at radius 2 is 1.83 bits per heavy atom. The predicted octanol–water partition coefficient (Wildman–Crippen LogP) is 2.44. The van der Waals surface area contributed by atoms with Gasteiger partial charge >= 0.3 is 0 Å². The number of phenols is 4. The summed E-state index contributed by atoms with van der Waals surface area (Å²) in [6.45, 7) is 6.67. The van der Waals surface area contributed by atoms with Gasteiger partial charge in [-0.05, 0) is 6.07 Å². The lowest BCUT2D eigenvalue weighted by molar-refractivity contribution is -0.00697. The molecule has 0 fully saturated rings. The highest BCUT2D eigenvalue weighted by Gasteiger charge is 2.48. The van der Waals surface area contributed by atoms with Crippen LogP contribution in [0.25, 0.3) is 0 Å². The Morgan fingerprint density at radius 1 is 1.17 bits per heavy atom. The molecular formula is C21H22O8. The van der Waals surface area contributed by atoms with Crippen molar-refractivity contribution in [1.29, 1.82) is 0 Å². The van der Waals surface area contributed by atoms with Crippen LogP contribution in [0.2, 0.25) is 0 Å². The van der Waals surface area contributed by atoms with Crippen LogP contribution in [0.15, 0.2) is 30.9 Å². The normalized spacial score (nSPS) is 18.7. The number of carbonyl (C=O) groups is 1. The summed E-state index contributed by atoms with van der Waals surface area (Å²) in [7, 11) is 1.31. The quantitative estimate of drug-likeness (QED) is 0.389. The number of Topliss-reactive ketones (excluding diaryl/α,β-unsaturated/α-hetero) is 1. The third-order valence-electron chi connectivity index (χ3n) is 5.19. The fourth-order valence-electron chi connectivity index (χ4n) is 3.33. The standard InChI is InChI=1S/C21H22O8/c1-5-20(2,3)12-8-11(16(24)17(25)18(12)28-4)21(27)9-29-14-7-10(22)6-13(23)15(14)19(21)26/h5-8,22-25,27H,1,9H2,2-4H3/t21-/m0/s1. The Morgan fingerprint density at radius 3 is 2.41 bits per heavy atom. The number of rotatable bonds is 4. The van der Waals surface area contributed by atoms with Gasteiger partial charge in [-0.1, -0.05) is 19.9 Å². The Balaban J connectivity index is 2.28. The number of allylic oxidation sites excluding steroid dienone is 1. The number of phenolic OH excluding ortho intramolecular Hbond substituents is 4. The Hall–Kier alpha value is -3.39. The van der Waals surface area contributed by atoms with Crippen molar-refractivity contribution in [3.63, 3.8) is 0 Å². The number of hydrogen-bond donors (Lipinski definition) is 5. The lowest BCUT2D eigenvalue weighted by atomic mass is 9.78. The van der Waals surface area contributed by atoms with Crippen LogP contribution >= 0.6 is 0 Å². The van der Waals surface area contributed by atoms with E-state index >= 15 is 0 Å². The van der Waals surface area contributed by atoms with Crippen molar-refractivity contribution in [1.82, 2.24) is 0 Å². The highest BCUT2D eigenvalue weighted by molar-refractivity contribution is 6.08. The molecule has 1 atom stereocenters. The minimum absolute atomic E-state index is 0.0305. The summed E-state index contributed by atoms with van der Waals surface area (Å²) in [6.07, 6.45) is 1.58. The van der Waals surface area contributed by atoms with E-state index in [2.05, 4.69) is 6.58 Å². The average molecular weight is 402 g/mol. The van der Waals surface area contributed by atoms with Crippen molar-refractivity contribution in [2.24, 2.45) is 0 Å². The first-order valence-electron chi connectivity index (χ1n) is 8.71. The summed E-state index contributed by atoms with van der Waals surface area (Å²) in [4.78, 5) is 13.1. The number of carbonyl (C=O) groups excluding carboxylic acids is 1. The van der Waals surface area contributed by atoms with E-state index < -0.39 is 40.7 Å². The molecule has 5 N–H and O–H groups in total. The molecular weight excluding hydrogens is 380 g/mol. The maximum atomic E-state index is 13.1. The fourth-order valence-corrected chi connectivity index (χ4v) is 3.33. The topological polar surface area (TPSA) is 137 Å². The van der Waals surface area contributed by atoms with E-state index in [-0.39, 0.29) is 28.4 Å².